The molecule has 0 saturated carbocycles. The van der Waals surface area contributed by atoms with Crippen LogP contribution in [0.15, 0.2) is 59.1 Å². The summed E-state index contributed by atoms with van der Waals surface area (Å²) in [7, 11) is 0. The van der Waals surface area contributed by atoms with Gasteiger partial charge in [-0.3, -0.25) is 9.69 Å². The van der Waals surface area contributed by atoms with Gasteiger partial charge in [-0.15, -0.1) is 11.3 Å². The van der Waals surface area contributed by atoms with E-state index in [2.05, 4.69) is 13.0 Å². The van der Waals surface area contributed by atoms with Gasteiger partial charge in [0.25, 0.3) is 0 Å². The van der Waals surface area contributed by atoms with Gasteiger partial charge in [0.15, 0.2) is 5.78 Å². The maximum Gasteiger partial charge on any atom is 0.416 e. The van der Waals surface area contributed by atoms with Gasteiger partial charge in [0.2, 0.25) is 0 Å². The van der Waals surface area contributed by atoms with Gasteiger partial charge in [0, 0.05) is 33.1 Å². The quantitative estimate of drug-likeness (QED) is 0.547. The van der Waals surface area contributed by atoms with E-state index < -0.39 is 17.7 Å². The smallest absolute Gasteiger partial charge is 0.384 e. The first-order valence-electron chi connectivity index (χ1n) is 11.0. The molecule has 172 valence electrons. The Kier molecular flexibility index (Phi) is 6.35. The normalized spacial score (nSPS) is 19.1. The van der Waals surface area contributed by atoms with E-state index in [1.54, 1.807) is 16.2 Å². The number of rotatable bonds is 5. The van der Waals surface area contributed by atoms with Crippen LogP contribution in [0.25, 0.3) is 0 Å². The highest BCUT2D eigenvalue weighted by Gasteiger charge is 2.41. The molecule has 0 amide bonds. The lowest BCUT2D eigenvalue weighted by Gasteiger charge is -2.39. The van der Waals surface area contributed by atoms with E-state index in [0.717, 1.165) is 36.3 Å². The van der Waals surface area contributed by atoms with E-state index in [9.17, 15) is 23.2 Å². The number of carbonyl (C=O) groups excluding carboxylic acids is 1. The van der Waals surface area contributed by atoms with Crippen LogP contribution in [0.1, 0.15) is 60.3 Å². The summed E-state index contributed by atoms with van der Waals surface area (Å²) in [5, 5.41) is 10.0. The van der Waals surface area contributed by atoms with Crippen molar-refractivity contribution in [2.75, 3.05) is 4.90 Å². The number of allylic oxidation sites excluding steroid dienone is 3. The molecular formula is C25H24F3N3OS. The number of thiophene rings is 1. The molecule has 1 aliphatic heterocycles. The van der Waals surface area contributed by atoms with E-state index in [0.29, 0.717) is 36.2 Å². The Bertz CT molecular complexity index is 1170. The second kappa shape index (κ2) is 9.06. The lowest BCUT2D eigenvalue weighted by molar-refractivity contribution is -0.137. The number of ketones is 1. The largest absolute Gasteiger partial charge is 0.416 e. The molecule has 1 aromatic heterocycles. The summed E-state index contributed by atoms with van der Waals surface area (Å²) in [6.45, 7) is 2.13. The number of anilines is 1. The molecule has 2 aromatic rings. The fourth-order valence-electron chi connectivity index (χ4n) is 4.50. The van der Waals surface area contributed by atoms with Crippen molar-refractivity contribution in [3.8, 4) is 6.07 Å². The molecule has 8 heteroatoms. The highest BCUT2D eigenvalue weighted by Crippen LogP contribution is 2.48. The second-order valence-electron chi connectivity index (χ2n) is 8.27. The minimum Gasteiger partial charge on any atom is -0.384 e. The number of hydrogen-bond acceptors (Lipinski definition) is 5. The minimum absolute atomic E-state index is 0.0399. The van der Waals surface area contributed by atoms with Crippen LogP contribution < -0.4 is 10.6 Å². The Hall–Kier alpha value is -3.05. The first-order valence-corrected chi connectivity index (χ1v) is 11.8. The minimum atomic E-state index is -4.45. The van der Waals surface area contributed by atoms with Crippen LogP contribution in [0.4, 0.5) is 18.9 Å². The van der Waals surface area contributed by atoms with E-state index in [1.807, 2.05) is 12.1 Å². The van der Waals surface area contributed by atoms with E-state index in [-0.39, 0.29) is 17.2 Å². The molecule has 2 N–H and O–H groups in total. The molecular weight excluding hydrogens is 447 g/mol. The summed E-state index contributed by atoms with van der Waals surface area (Å²) in [5.74, 6) is -0.412. The van der Waals surface area contributed by atoms with Crippen molar-refractivity contribution < 1.29 is 18.0 Å². The van der Waals surface area contributed by atoms with Crippen molar-refractivity contribution in [1.82, 2.24) is 0 Å². The average Bonchev–Trinajstić information content (AvgIpc) is 3.25. The fourth-order valence-corrected chi connectivity index (χ4v) is 5.68. The summed E-state index contributed by atoms with van der Waals surface area (Å²) in [4.78, 5) is 16.8. The molecule has 4 rings (SSSR count). The van der Waals surface area contributed by atoms with Crippen LogP contribution in [0.2, 0.25) is 0 Å². The average molecular weight is 472 g/mol. The molecule has 2 aliphatic rings. The van der Waals surface area contributed by atoms with E-state index in [4.69, 9.17) is 5.73 Å². The van der Waals surface area contributed by atoms with Crippen molar-refractivity contribution in [2.45, 2.75) is 57.5 Å². The summed E-state index contributed by atoms with van der Waals surface area (Å²) >= 11 is 1.59. The molecule has 1 aliphatic carbocycles. The van der Waals surface area contributed by atoms with Crippen molar-refractivity contribution in [2.24, 2.45) is 5.73 Å². The number of nitrogens with zero attached hydrogens (tertiary/aromatic N) is 2. The lowest BCUT2D eigenvalue weighted by atomic mass is 9.78. The van der Waals surface area contributed by atoms with Gasteiger partial charge in [-0.1, -0.05) is 13.3 Å². The molecule has 1 aromatic carbocycles. The van der Waals surface area contributed by atoms with Gasteiger partial charge in [-0.05, 0) is 62.1 Å². The zero-order valence-corrected chi connectivity index (χ0v) is 19.0. The van der Waals surface area contributed by atoms with Crippen LogP contribution in [0, 0.1) is 11.3 Å². The second-order valence-corrected chi connectivity index (χ2v) is 9.47. The molecule has 1 atom stereocenters. The number of nitrogens with two attached hydrogens (primary N) is 1. The van der Waals surface area contributed by atoms with Gasteiger partial charge < -0.3 is 5.73 Å². The third-order valence-corrected chi connectivity index (χ3v) is 7.32. The summed E-state index contributed by atoms with van der Waals surface area (Å²) in [6.07, 6.45) is 0.181. The number of Topliss-reactive ketones (excluding diaryl/α,β-unsaturated/α-hetero) is 1. The number of halogens is 3. The van der Waals surface area contributed by atoms with Crippen LogP contribution in [-0.2, 0) is 17.4 Å². The van der Waals surface area contributed by atoms with Crippen molar-refractivity contribution in [3.05, 3.63) is 74.4 Å². The molecule has 0 bridgehead atoms. The standard InChI is InChI=1S/C25H24F3N3OS/c1-2-3-5-17-12-13-21(33-17)22-18(14-29)24(30)31(19-6-4-7-20(32)23(19)22)16-10-8-15(9-11-16)25(26,27)28/h8-13,22H,2-7,30H2,1H3. The molecule has 0 radical (unpaired) electrons. The van der Waals surface area contributed by atoms with Gasteiger partial charge in [-0.25, -0.2) is 0 Å². The van der Waals surface area contributed by atoms with Gasteiger partial charge in [0.1, 0.15) is 5.82 Å². The van der Waals surface area contributed by atoms with Gasteiger partial charge in [-0.2, -0.15) is 18.4 Å². The van der Waals surface area contributed by atoms with Crippen LogP contribution in [-0.4, -0.2) is 5.78 Å². The molecule has 2 heterocycles. The number of alkyl halides is 3. The number of aryl methyl sites for hydroxylation is 1. The predicted octanol–water partition coefficient (Wildman–Crippen LogP) is 6.41. The highest BCUT2D eigenvalue weighted by molar-refractivity contribution is 7.12. The Balaban J connectivity index is 1.83. The van der Waals surface area contributed by atoms with Gasteiger partial charge in [0.05, 0.1) is 23.1 Å². The van der Waals surface area contributed by atoms with Gasteiger partial charge >= 0.3 is 6.18 Å². The van der Waals surface area contributed by atoms with Crippen LogP contribution >= 0.6 is 11.3 Å². The maximum absolute atomic E-state index is 13.1. The number of unbranched alkanes of at least 4 members (excludes halogenated alkanes) is 1. The zero-order chi connectivity index (χ0) is 23.8. The summed E-state index contributed by atoms with van der Waals surface area (Å²) < 4.78 is 39.2. The molecule has 1 unspecified atom stereocenters. The van der Waals surface area contributed by atoms with E-state index >= 15 is 0 Å². The predicted molar refractivity (Wildman–Crippen MR) is 122 cm³/mol. The van der Waals surface area contributed by atoms with Crippen molar-refractivity contribution >= 4 is 22.8 Å². The van der Waals surface area contributed by atoms with Crippen molar-refractivity contribution in [3.63, 3.8) is 0 Å². The first kappa shape index (κ1) is 23.1. The van der Waals surface area contributed by atoms with Crippen molar-refractivity contribution in [1.29, 1.82) is 5.26 Å². The number of carbonyl (C=O) groups is 1. The highest BCUT2D eigenvalue weighted by atomic mass is 32.1. The van der Waals surface area contributed by atoms with Crippen LogP contribution in [0.5, 0.6) is 0 Å². The van der Waals surface area contributed by atoms with Crippen LogP contribution in [0.3, 0.4) is 0 Å². The molecule has 0 saturated heterocycles. The SMILES string of the molecule is CCCCc1ccc(C2C(C#N)=C(N)N(c3ccc(C(F)(F)F)cc3)C3=C2C(=O)CCC3)s1. The lowest BCUT2D eigenvalue weighted by Crippen LogP contribution is -2.38. The Morgan fingerprint density at radius 2 is 1.91 bits per heavy atom. The molecule has 33 heavy (non-hydrogen) atoms. The molecule has 4 nitrogen and oxygen atoms in total. The Labute approximate surface area is 194 Å². The summed E-state index contributed by atoms with van der Waals surface area (Å²) in [5.41, 5.74) is 7.59. The maximum atomic E-state index is 13.1. The Morgan fingerprint density at radius 1 is 1.18 bits per heavy atom. The fraction of sp³-hybridized carbons (Fsp3) is 0.360. The Morgan fingerprint density at radius 3 is 2.55 bits per heavy atom. The number of hydrogen-bond donors (Lipinski definition) is 1. The third kappa shape index (κ3) is 4.30. The zero-order valence-electron chi connectivity index (χ0n) is 18.2. The number of benzene rings is 1. The monoisotopic (exact) mass is 471 g/mol. The molecule has 0 fully saturated rings. The third-order valence-electron chi connectivity index (χ3n) is 6.11. The topological polar surface area (TPSA) is 70.1 Å². The molecule has 0 spiro atoms. The number of nitriles is 1. The first-order chi connectivity index (χ1) is 15.8. The summed E-state index contributed by atoms with van der Waals surface area (Å²) in [6, 6.07) is 10.9. The van der Waals surface area contributed by atoms with E-state index in [1.165, 1.54) is 17.0 Å².